The van der Waals surface area contributed by atoms with Crippen LogP contribution in [0.25, 0.3) is 0 Å². The number of alkyl halides is 1. The molecule has 17 heavy (non-hydrogen) atoms. The number of ether oxygens (including phenoxy) is 1. The SMILES string of the molecule is CI.CNC(=O)Oc1ccccc1C(C)(C)N. The first-order valence-electron chi connectivity index (χ1n) is 5.11. The molecule has 3 N–H and O–H groups in total. The lowest BCUT2D eigenvalue weighted by atomic mass is 9.95. The normalized spacial score (nSPS) is 10.0. The van der Waals surface area contributed by atoms with Crippen molar-refractivity contribution in [1.29, 1.82) is 0 Å². The standard InChI is InChI=1S/C11H16N2O2.CH3I/c1-11(2,12)8-6-4-5-7-9(8)15-10(14)13-3;1-2/h4-7H,12H2,1-3H3,(H,13,14);1H3. The van der Waals surface area contributed by atoms with Crippen LogP contribution in [0.5, 0.6) is 5.75 Å². The van der Waals surface area contributed by atoms with Crippen LogP contribution >= 0.6 is 22.6 Å². The minimum absolute atomic E-state index is 0.490. The zero-order valence-electron chi connectivity index (χ0n) is 10.6. The molecule has 4 nitrogen and oxygen atoms in total. The quantitative estimate of drug-likeness (QED) is 0.637. The van der Waals surface area contributed by atoms with Crippen LogP contribution in [0.1, 0.15) is 19.4 Å². The second kappa shape index (κ2) is 7.50. The van der Waals surface area contributed by atoms with Crippen LogP contribution < -0.4 is 15.8 Å². The minimum Gasteiger partial charge on any atom is -0.410 e. The summed E-state index contributed by atoms with van der Waals surface area (Å²) in [7, 11) is 1.51. The summed E-state index contributed by atoms with van der Waals surface area (Å²) >= 11 is 2.15. The van der Waals surface area contributed by atoms with E-state index in [1.165, 1.54) is 7.05 Å². The van der Waals surface area contributed by atoms with E-state index in [9.17, 15) is 4.79 Å². The molecule has 1 aromatic carbocycles. The number of nitrogens with one attached hydrogen (secondary N) is 1. The second-order valence-electron chi connectivity index (χ2n) is 3.86. The first-order valence-corrected chi connectivity index (χ1v) is 7.26. The van der Waals surface area contributed by atoms with Crippen molar-refractivity contribution in [2.75, 3.05) is 12.0 Å². The van der Waals surface area contributed by atoms with Gasteiger partial charge in [-0.05, 0) is 24.8 Å². The van der Waals surface area contributed by atoms with Crippen molar-refractivity contribution in [3.05, 3.63) is 29.8 Å². The van der Waals surface area contributed by atoms with Crippen LogP contribution in [-0.4, -0.2) is 18.1 Å². The van der Waals surface area contributed by atoms with Gasteiger partial charge in [0.25, 0.3) is 0 Å². The van der Waals surface area contributed by atoms with Gasteiger partial charge in [-0.3, -0.25) is 0 Å². The third-order valence-electron chi connectivity index (χ3n) is 1.99. The number of halogens is 1. The van der Waals surface area contributed by atoms with Crippen LogP contribution in [0.3, 0.4) is 0 Å². The Morgan fingerprint density at radius 1 is 1.35 bits per heavy atom. The Balaban J connectivity index is 0.00000121. The Hall–Kier alpha value is -0.820. The predicted octanol–water partition coefficient (Wildman–Crippen LogP) is 2.65. The lowest BCUT2D eigenvalue weighted by Gasteiger charge is -2.21. The summed E-state index contributed by atoms with van der Waals surface area (Å²) in [5, 5.41) is 2.39. The maximum Gasteiger partial charge on any atom is 0.412 e. The monoisotopic (exact) mass is 350 g/mol. The van der Waals surface area contributed by atoms with E-state index in [1.54, 1.807) is 12.1 Å². The van der Waals surface area contributed by atoms with Gasteiger partial charge in [-0.2, -0.15) is 0 Å². The molecule has 0 saturated heterocycles. The highest BCUT2D eigenvalue weighted by Gasteiger charge is 2.19. The highest BCUT2D eigenvalue weighted by Crippen LogP contribution is 2.27. The van der Waals surface area contributed by atoms with Gasteiger partial charge in [0.15, 0.2) is 0 Å². The van der Waals surface area contributed by atoms with E-state index in [1.807, 2.05) is 30.9 Å². The molecule has 0 aliphatic heterocycles. The van der Waals surface area contributed by atoms with Crippen LogP contribution in [-0.2, 0) is 5.54 Å². The van der Waals surface area contributed by atoms with Crippen molar-refractivity contribution < 1.29 is 9.53 Å². The summed E-state index contributed by atoms with van der Waals surface area (Å²) in [4.78, 5) is 13.1. The Labute approximate surface area is 116 Å². The van der Waals surface area contributed by atoms with Gasteiger partial charge < -0.3 is 15.8 Å². The molecule has 1 amide bonds. The third-order valence-corrected chi connectivity index (χ3v) is 1.99. The fraction of sp³-hybridized carbons (Fsp3) is 0.417. The number of nitrogens with two attached hydrogens (primary N) is 1. The van der Waals surface area contributed by atoms with E-state index in [4.69, 9.17) is 10.5 Å². The molecule has 0 heterocycles. The molecule has 1 aromatic rings. The number of hydrogen-bond acceptors (Lipinski definition) is 3. The van der Waals surface area contributed by atoms with Crippen LogP contribution in [0.15, 0.2) is 24.3 Å². The fourth-order valence-electron chi connectivity index (χ4n) is 1.24. The average molecular weight is 350 g/mol. The Morgan fingerprint density at radius 2 is 1.88 bits per heavy atom. The maximum atomic E-state index is 11.1. The molecule has 0 spiro atoms. The van der Waals surface area contributed by atoms with Gasteiger partial charge in [-0.1, -0.05) is 40.8 Å². The minimum atomic E-state index is -0.537. The van der Waals surface area contributed by atoms with Crippen molar-refractivity contribution in [2.24, 2.45) is 5.73 Å². The van der Waals surface area contributed by atoms with Crippen molar-refractivity contribution in [3.8, 4) is 5.75 Å². The largest absolute Gasteiger partial charge is 0.412 e. The molecule has 0 radical (unpaired) electrons. The summed E-state index contributed by atoms with van der Waals surface area (Å²) in [6.07, 6.45) is -0.494. The third kappa shape index (κ3) is 5.36. The molecule has 0 aromatic heterocycles. The van der Waals surface area contributed by atoms with E-state index in [0.29, 0.717) is 5.75 Å². The van der Waals surface area contributed by atoms with Crippen molar-refractivity contribution in [2.45, 2.75) is 19.4 Å². The summed E-state index contributed by atoms with van der Waals surface area (Å²) in [6.45, 7) is 3.72. The summed E-state index contributed by atoms with van der Waals surface area (Å²) < 4.78 is 5.09. The van der Waals surface area contributed by atoms with Gasteiger partial charge in [0.05, 0.1) is 0 Å². The van der Waals surface area contributed by atoms with E-state index in [2.05, 4.69) is 27.9 Å². The van der Waals surface area contributed by atoms with Gasteiger partial charge in [0.2, 0.25) is 0 Å². The molecular weight excluding hydrogens is 331 g/mol. The summed E-state index contributed by atoms with van der Waals surface area (Å²) in [6, 6.07) is 7.23. The van der Waals surface area contributed by atoms with Crippen molar-refractivity contribution >= 4 is 28.7 Å². The number of benzene rings is 1. The maximum absolute atomic E-state index is 11.1. The fourth-order valence-corrected chi connectivity index (χ4v) is 1.24. The van der Waals surface area contributed by atoms with Crippen molar-refractivity contribution in [1.82, 2.24) is 5.32 Å². The number of amides is 1. The summed E-state index contributed by atoms with van der Waals surface area (Å²) in [5.41, 5.74) is 6.23. The highest BCUT2D eigenvalue weighted by molar-refractivity contribution is 14.1. The average Bonchev–Trinajstić information content (AvgIpc) is 2.31. The number of hydrogen-bond donors (Lipinski definition) is 2. The summed E-state index contributed by atoms with van der Waals surface area (Å²) in [5.74, 6) is 0.490. The second-order valence-corrected chi connectivity index (χ2v) is 3.86. The molecular formula is C12H19IN2O2. The number of carbonyl (C=O) groups is 1. The van der Waals surface area contributed by atoms with Gasteiger partial charge in [0, 0.05) is 18.2 Å². The van der Waals surface area contributed by atoms with E-state index >= 15 is 0 Å². The molecule has 0 fully saturated rings. The molecule has 0 aliphatic carbocycles. The first kappa shape index (κ1) is 16.2. The van der Waals surface area contributed by atoms with Crippen LogP contribution in [0, 0.1) is 0 Å². The molecule has 0 bridgehead atoms. The van der Waals surface area contributed by atoms with E-state index < -0.39 is 11.6 Å². The van der Waals surface area contributed by atoms with Crippen LogP contribution in [0.4, 0.5) is 4.79 Å². The topological polar surface area (TPSA) is 64.3 Å². The Bertz CT molecular complexity index is 362. The van der Waals surface area contributed by atoms with Crippen LogP contribution in [0.2, 0.25) is 0 Å². The van der Waals surface area contributed by atoms with Gasteiger partial charge in [-0.15, -0.1) is 0 Å². The zero-order valence-corrected chi connectivity index (χ0v) is 12.7. The lowest BCUT2D eigenvalue weighted by molar-refractivity contribution is 0.202. The predicted molar refractivity (Wildman–Crippen MR) is 78.7 cm³/mol. The molecule has 0 atom stereocenters. The molecule has 0 unspecified atom stereocenters. The van der Waals surface area contributed by atoms with E-state index in [-0.39, 0.29) is 0 Å². The van der Waals surface area contributed by atoms with E-state index in [0.717, 1.165) is 5.56 Å². The molecule has 96 valence electrons. The highest BCUT2D eigenvalue weighted by atomic mass is 127. The van der Waals surface area contributed by atoms with Gasteiger partial charge in [0.1, 0.15) is 5.75 Å². The lowest BCUT2D eigenvalue weighted by Crippen LogP contribution is -2.30. The number of carbonyl (C=O) groups excluding carboxylic acids is 1. The number of rotatable bonds is 2. The van der Waals surface area contributed by atoms with Gasteiger partial charge >= 0.3 is 6.09 Å². The van der Waals surface area contributed by atoms with Crippen molar-refractivity contribution in [3.63, 3.8) is 0 Å². The zero-order chi connectivity index (χ0) is 13.5. The van der Waals surface area contributed by atoms with Gasteiger partial charge in [-0.25, -0.2) is 4.79 Å². The first-order chi connectivity index (χ1) is 7.95. The molecule has 0 saturated carbocycles. The Kier molecular flexibility index (Phi) is 7.13. The molecule has 0 aliphatic rings. The smallest absolute Gasteiger partial charge is 0.410 e. The molecule has 1 rings (SSSR count). The molecule has 5 heteroatoms. The Morgan fingerprint density at radius 3 is 2.35 bits per heavy atom. The number of para-hydroxylation sites is 1.